The van der Waals surface area contributed by atoms with Gasteiger partial charge in [-0.2, -0.15) is 5.10 Å². The van der Waals surface area contributed by atoms with Crippen LogP contribution in [0.3, 0.4) is 0 Å². The molecule has 7 nitrogen and oxygen atoms in total. The standard InChI is InChI=1S/C24H33N7/c1-6-25-23(16(2)3)15-31-12-19-9-18(10-20(19)13-31)11-26-24-8-7-22(27-28-24)21-14-30(5)29-17(21)4/h6-8,14,18-20H,1-2,9-13,15H2,3-5H3,(H,26,28)/b25-23-/t18-,19+,20-. The molecular formula is C24H33N7. The van der Waals surface area contributed by atoms with Crippen molar-refractivity contribution >= 4 is 11.5 Å². The van der Waals surface area contributed by atoms with E-state index in [1.807, 2.05) is 43.9 Å². The van der Waals surface area contributed by atoms with Crippen LogP contribution in [0.15, 0.2) is 48.3 Å². The van der Waals surface area contributed by atoms with Gasteiger partial charge in [-0.05, 0) is 62.1 Å². The van der Waals surface area contributed by atoms with Crippen LogP contribution >= 0.6 is 0 Å². The second-order valence-electron chi connectivity index (χ2n) is 9.08. The van der Waals surface area contributed by atoms with E-state index in [0.29, 0.717) is 5.92 Å². The maximum absolute atomic E-state index is 4.40. The minimum atomic E-state index is 0.696. The lowest BCUT2D eigenvalue weighted by molar-refractivity contribution is 0.336. The zero-order valence-electron chi connectivity index (χ0n) is 18.9. The normalized spacial score (nSPS) is 23.7. The highest BCUT2D eigenvalue weighted by Gasteiger charge is 2.40. The quantitative estimate of drug-likeness (QED) is 0.661. The van der Waals surface area contributed by atoms with Crippen molar-refractivity contribution in [3.63, 3.8) is 0 Å². The fourth-order valence-corrected chi connectivity index (χ4v) is 5.10. The number of rotatable bonds is 8. The fraction of sp³-hybridized carbons (Fsp3) is 0.500. The molecule has 4 rings (SSSR count). The number of hydrogen-bond acceptors (Lipinski definition) is 6. The molecule has 2 aliphatic rings. The van der Waals surface area contributed by atoms with Crippen molar-refractivity contribution in [2.75, 3.05) is 31.5 Å². The van der Waals surface area contributed by atoms with Crippen LogP contribution in [0.1, 0.15) is 25.5 Å². The van der Waals surface area contributed by atoms with E-state index in [0.717, 1.165) is 72.1 Å². The Morgan fingerprint density at radius 1 is 1.26 bits per heavy atom. The van der Waals surface area contributed by atoms with E-state index >= 15 is 0 Å². The summed E-state index contributed by atoms with van der Waals surface area (Å²) in [6.07, 6.45) is 6.15. The minimum Gasteiger partial charge on any atom is -0.368 e. The first kappa shape index (κ1) is 21.4. The topological polar surface area (TPSA) is 71.2 Å². The number of nitrogens with one attached hydrogen (secondary N) is 1. The van der Waals surface area contributed by atoms with Crippen LogP contribution in [-0.4, -0.2) is 56.8 Å². The van der Waals surface area contributed by atoms with Crippen molar-refractivity contribution in [3.8, 4) is 11.3 Å². The molecule has 1 saturated carbocycles. The van der Waals surface area contributed by atoms with Crippen LogP contribution in [0, 0.1) is 24.7 Å². The first-order valence-electron chi connectivity index (χ1n) is 11.1. The fourth-order valence-electron chi connectivity index (χ4n) is 5.10. The molecule has 1 aliphatic carbocycles. The second-order valence-corrected chi connectivity index (χ2v) is 9.08. The molecular weight excluding hydrogens is 386 g/mol. The molecule has 1 aliphatic heterocycles. The molecule has 0 bridgehead atoms. The number of nitrogens with zero attached hydrogens (tertiary/aromatic N) is 6. The highest BCUT2D eigenvalue weighted by atomic mass is 15.3. The van der Waals surface area contributed by atoms with Gasteiger partial charge >= 0.3 is 0 Å². The van der Waals surface area contributed by atoms with Crippen molar-refractivity contribution in [2.45, 2.75) is 26.7 Å². The zero-order valence-corrected chi connectivity index (χ0v) is 18.9. The van der Waals surface area contributed by atoms with Gasteiger partial charge in [0, 0.05) is 51.2 Å². The van der Waals surface area contributed by atoms with Crippen LogP contribution < -0.4 is 5.32 Å². The van der Waals surface area contributed by atoms with E-state index in [1.165, 1.54) is 12.8 Å². The third-order valence-electron chi connectivity index (χ3n) is 6.56. The maximum atomic E-state index is 4.40. The van der Waals surface area contributed by atoms with Gasteiger partial charge in [0.25, 0.3) is 0 Å². The van der Waals surface area contributed by atoms with E-state index < -0.39 is 0 Å². The third-order valence-corrected chi connectivity index (χ3v) is 6.56. The van der Waals surface area contributed by atoms with Crippen molar-refractivity contribution in [1.82, 2.24) is 24.9 Å². The summed E-state index contributed by atoms with van der Waals surface area (Å²) in [5.41, 5.74) is 4.94. The molecule has 1 saturated heterocycles. The average molecular weight is 420 g/mol. The lowest BCUT2D eigenvalue weighted by Gasteiger charge is -2.20. The summed E-state index contributed by atoms with van der Waals surface area (Å²) in [6, 6.07) is 4.04. The minimum absolute atomic E-state index is 0.696. The summed E-state index contributed by atoms with van der Waals surface area (Å²) < 4.78 is 1.81. The molecule has 2 aromatic rings. The van der Waals surface area contributed by atoms with Crippen LogP contribution in [-0.2, 0) is 7.05 Å². The highest BCUT2D eigenvalue weighted by Crippen LogP contribution is 2.41. The Morgan fingerprint density at radius 2 is 2.00 bits per heavy atom. The van der Waals surface area contributed by atoms with Gasteiger partial charge in [-0.25, -0.2) is 0 Å². The molecule has 2 aromatic heterocycles. The predicted octanol–water partition coefficient (Wildman–Crippen LogP) is 3.72. The maximum Gasteiger partial charge on any atom is 0.148 e. The van der Waals surface area contributed by atoms with Crippen LogP contribution in [0.25, 0.3) is 11.3 Å². The molecule has 0 aromatic carbocycles. The highest BCUT2D eigenvalue weighted by molar-refractivity contribution is 6.01. The second kappa shape index (κ2) is 9.14. The van der Waals surface area contributed by atoms with Gasteiger partial charge in [0.05, 0.1) is 17.1 Å². The van der Waals surface area contributed by atoms with Gasteiger partial charge in [0.2, 0.25) is 0 Å². The van der Waals surface area contributed by atoms with Crippen LogP contribution in [0.5, 0.6) is 0 Å². The summed E-state index contributed by atoms with van der Waals surface area (Å²) >= 11 is 0. The van der Waals surface area contributed by atoms with Crippen molar-refractivity contribution in [2.24, 2.45) is 29.8 Å². The molecule has 2 fully saturated rings. The average Bonchev–Trinajstić information content (AvgIpc) is 3.38. The Morgan fingerprint density at radius 3 is 2.55 bits per heavy atom. The van der Waals surface area contributed by atoms with E-state index in [2.05, 4.69) is 43.7 Å². The van der Waals surface area contributed by atoms with Crippen molar-refractivity contribution < 1.29 is 0 Å². The van der Waals surface area contributed by atoms with E-state index in [9.17, 15) is 0 Å². The lowest BCUT2D eigenvalue weighted by Crippen LogP contribution is -2.29. The Hall–Kier alpha value is -2.80. The van der Waals surface area contributed by atoms with Crippen molar-refractivity contribution in [1.29, 1.82) is 0 Å². The number of aliphatic imine (C=N–C) groups is 1. The van der Waals surface area contributed by atoms with Crippen LogP contribution in [0.4, 0.5) is 5.82 Å². The van der Waals surface area contributed by atoms with E-state index in [4.69, 9.17) is 0 Å². The SMILES string of the molecule is C=C/N=C(/CN1C[C@H]2C[C@H](CNc3ccc(-c4cn(C)nc4C)nn3)C[C@H]2C1)C(=C)C. The number of likely N-dealkylation sites (tertiary alicyclic amines) is 1. The molecule has 31 heavy (non-hydrogen) atoms. The predicted molar refractivity (Wildman–Crippen MR) is 126 cm³/mol. The summed E-state index contributed by atoms with van der Waals surface area (Å²) in [6.45, 7) is 16.0. The molecule has 0 unspecified atom stereocenters. The van der Waals surface area contributed by atoms with Gasteiger partial charge in [-0.15, -0.1) is 10.2 Å². The van der Waals surface area contributed by atoms with Crippen molar-refractivity contribution in [3.05, 3.63) is 49.0 Å². The number of fused-ring (bicyclic) bond motifs is 1. The van der Waals surface area contributed by atoms with E-state index in [1.54, 1.807) is 6.20 Å². The Bertz CT molecular complexity index is 958. The molecule has 164 valence electrons. The van der Waals surface area contributed by atoms with E-state index in [-0.39, 0.29) is 0 Å². The lowest BCUT2D eigenvalue weighted by atomic mass is 10.0. The molecule has 3 heterocycles. The van der Waals surface area contributed by atoms with Gasteiger partial charge in [-0.3, -0.25) is 14.6 Å². The Balaban J connectivity index is 1.26. The summed E-state index contributed by atoms with van der Waals surface area (Å²) in [5, 5.41) is 16.7. The van der Waals surface area contributed by atoms with Gasteiger partial charge in [-0.1, -0.05) is 13.2 Å². The summed E-state index contributed by atoms with van der Waals surface area (Å²) in [4.78, 5) is 6.93. The molecule has 3 atom stereocenters. The number of aryl methyl sites for hydroxylation is 2. The number of hydrogen-bond donors (Lipinski definition) is 1. The van der Waals surface area contributed by atoms with Crippen LogP contribution in [0.2, 0.25) is 0 Å². The summed E-state index contributed by atoms with van der Waals surface area (Å²) in [7, 11) is 1.92. The molecule has 1 N–H and O–H groups in total. The van der Waals surface area contributed by atoms with Gasteiger partial charge in [0.1, 0.15) is 5.82 Å². The third kappa shape index (κ3) is 4.93. The van der Waals surface area contributed by atoms with Gasteiger partial charge in [0.15, 0.2) is 0 Å². The smallest absolute Gasteiger partial charge is 0.148 e. The number of aromatic nitrogens is 4. The number of anilines is 1. The Kier molecular flexibility index (Phi) is 6.32. The monoisotopic (exact) mass is 419 g/mol. The molecule has 0 spiro atoms. The molecule has 0 radical (unpaired) electrons. The first-order valence-corrected chi connectivity index (χ1v) is 11.1. The van der Waals surface area contributed by atoms with Gasteiger partial charge < -0.3 is 5.32 Å². The summed E-state index contributed by atoms with van der Waals surface area (Å²) in [5.74, 6) is 3.10. The largest absolute Gasteiger partial charge is 0.368 e. The zero-order chi connectivity index (χ0) is 22.0. The molecule has 7 heteroatoms. The molecule has 0 amide bonds. The first-order chi connectivity index (χ1) is 14.9. The Labute approximate surface area is 185 Å².